The second kappa shape index (κ2) is 3.01. The fourth-order valence-electron chi connectivity index (χ4n) is 2.05. The van der Waals surface area contributed by atoms with E-state index in [1.54, 1.807) is 0 Å². The molecule has 2 aliphatic rings. The van der Waals surface area contributed by atoms with Crippen LogP contribution in [0.25, 0.3) is 0 Å². The van der Waals surface area contributed by atoms with Crippen LogP contribution in [0.4, 0.5) is 0 Å². The second-order valence-corrected chi connectivity index (χ2v) is 3.80. The lowest BCUT2D eigenvalue weighted by Crippen LogP contribution is -2.38. The van der Waals surface area contributed by atoms with Crippen LogP contribution in [0.2, 0.25) is 0 Å². The molecule has 2 heterocycles. The van der Waals surface area contributed by atoms with Crippen molar-refractivity contribution in [2.24, 2.45) is 5.16 Å². The molecule has 1 N–H and O–H groups in total. The maximum atomic E-state index is 8.88. The number of aromatic nitrogens is 2. The van der Waals surface area contributed by atoms with E-state index in [0.29, 0.717) is 36.5 Å². The zero-order chi connectivity index (χ0) is 10.3. The van der Waals surface area contributed by atoms with Gasteiger partial charge in [-0.25, -0.2) is 14.4 Å². The number of rotatable bonds is 0. The highest BCUT2D eigenvalue weighted by Gasteiger charge is 2.45. The molecule has 15 heavy (non-hydrogen) atoms. The smallest absolute Gasteiger partial charge is 0.156 e. The van der Waals surface area contributed by atoms with Gasteiger partial charge in [-0.2, -0.15) is 0 Å². The number of hydrogen-bond donors (Lipinski definition) is 1. The van der Waals surface area contributed by atoms with Gasteiger partial charge < -0.3 is 5.21 Å². The third-order valence-electron chi connectivity index (χ3n) is 2.81. The molecule has 7 heteroatoms. The highest BCUT2D eigenvalue weighted by atomic mass is 17.2. The molecule has 1 aliphatic carbocycles. The zero-order valence-corrected chi connectivity index (χ0v) is 7.84. The zero-order valence-electron chi connectivity index (χ0n) is 7.84. The number of fused-ring (bicyclic) bond motifs is 1. The number of hydrogen-bond acceptors (Lipinski definition) is 7. The van der Waals surface area contributed by atoms with Crippen LogP contribution >= 0.6 is 0 Å². The Balaban J connectivity index is 2.03. The number of oxime groups is 1. The Morgan fingerprint density at radius 1 is 1.33 bits per heavy atom. The lowest BCUT2D eigenvalue weighted by atomic mass is 9.82. The Bertz CT molecular complexity index is 408. The van der Waals surface area contributed by atoms with Gasteiger partial charge in [0.15, 0.2) is 5.69 Å². The van der Waals surface area contributed by atoms with Crippen molar-refractivity contribution in [3.8, 4) is 0 Å². The van der Waals surface area contributed by atoms with Gasteiger partial charge in [0.05, 0.1) is 6.61 Å². The molecule has 0 radical (unpaired) electrons. The van der Waals surface area contributed by atoms with E-state index in [-0.39, 0.29) is 0 Å². The normalized spacial score (nSPS) is 32.4. The van der Waals surface area contributed by atoms with Crippen molar-refractivity contribution in [1.82, 2.24) is 10.3 Å². The van der Waals surface area contributed by atoms with E-state index in [9.17, 15) is 0 Å². The summed E-state index contributed by atoms with van der Waals surface area (Å²) in [5.74, 6) is 0. The average Bonchev–Trinajstić information content (AvgIpc) is 2.86. The predicted octanol–water partition coefficient (Wildman–Crippen LogP) is 0.285. The van der Waals surface area contributed by atoms with E-state index in [2.05, 4.69) is 20.1 Å². The van der Waals surface area contributed by atoms with Crippen LogP contribution in [0.5, 0.6) is 0 Å². The minimum absolute atomic E-state index is 0.433. The molecule has 1 aliphatic heterocycles. The lowest BCUT2D eigenvalue weighted by molar-refractivity contribution is -0.307. The van der Waals surface area contributed by atoms with Crippen molar-refractivity contribution in [1.29, 1.82) is 0 Å². The molecule has 0 amide bonds. The first kappa shape index (κ1) is 8.81. The maximum absolute atomic E-state index is 8.88. The molecule has 1 spiro atoms. The van der Waals surface area contributed by atoms with Crippen LogP contribution < -0.4 is 0 Å². The van der Waals surface area contributed by atoms with E-state index in [4.69, 9.17) is 15.0 Å². The first-order valence-electron chi connectivity index (χ1n) is 4.66. The van der Waals surface area contributed by atoms with Crippen molar-refractivity contribution in [2.45, 2.75) is 24.9 Å². The molecular formula is C8H9N3O4. The van der Waals surface area contributed by atoms with Gasteiger partial charge in [0, 0.05) is 19.3 Å². The summed E-state index contributed by atoms with van der Waals surface area (Å²) in [6.07, 6.45) is 1.79. The maximum Gasteiger partial charge on any atom is 0.156 e. The quantitative estimate of drug-likeness (QED) is 0.376. The SMILES string of the molecule is O/N=C1/CC2(CCOO2)Cc2nonc21. The highest BCUT2D eigenvalue weighted by molar-refractivity contribution is 6.01. The summed E-state index contributed by atoms with van der Waals surface area (Å²) in [4.78, 5) is 10.1. The van der Waals surface area contributed by atoms with Gasteiger partial charge in [-0.3, -0.25) is 0 Å². The van der Waals surface area contributed by atoms with Crippen LogP contribution in [-0.2, 0) is 16.2 Å². The van der Waals surface area contributed by atoms with E-state index in [0.717, 1.165) is 6.42 Å². The Morgan fingerprint density at radius 3 is 3.00 bits per heavy atom. The largest absolute Gasteiger partial charge is 0.411 e. The van der Waals surface area contributed by atoms with Crippen molar-refractivity contribution in [3.05, 3.63) is 11.4 Å². The molecule has 0 bridgehead atoms. The van der Waals surface area contributed by atoms with Crippen LogP contribution in [0.1, 0.15) is 24.2 Å². The lowest BCUT2D eigenvalue weighted by Gasteiger charge is -2.27. The van der Waals surface area contributed by atoms with E-state index < -0.39 is 5.60 Å². The molecule has 1 atom stereocenters. The van der Waals surface area contributed by atoms with E-state index >= 15 is 0 Å². The van der Waals surface area contributed by atoms with Crippen LogP contribution in [0.15, 0.2) is 9.78 Å². The van der Waals surface area contributed by atoms with Crippen molar-refractivity contribution in [3.63, 3.8) is 0 Å². The molecule has 1 fully saturated rings. The monoisotopic (exact) mass is 211 g/mol. The molecular weight excluding hydrogens is 202 g/mol. The fraction of sp³-hybridized carbons (Fsp3) is 0.625. The molecule has 7 nitrogen and oxygen atoms in total. The molecule has 0 saturated carbocycles. The Labute approximate surface area is 84.5 Å². The molecule has 1 aromatic rings. The first-order valence-corrected chi connectivity index (χ1v) is 4.66. The van der Waals surface area contributed by atoms with Crippen molar-refractivity contribution >= 4 is 5.71 Å². The molecule has 80 valence electrons. The Morgan fingerprint density at radius 2 is 2.27 bits per heavy atom. The summed E-state index contributed by atoms with van der Waals surface area (Å²) >= 11 is 0. The topological polar surface area (TPSA) is 90.0 Å². The standard InChI is InChI=1S/C8H9N3O4/c12-9-5-3-8(1-2-13-14-8)4-6-7(5)11-15-10-6/h12H,1-4H2/b9-5-. The molecule has 1 unspecified atom stereocenters. The van der Waals surface area contributed by atoms with Crippen LogP contribution in [0, 0.1) is 0 Å². The van der Waals surface area contributed by atoms with Crippen LogP contribution in [0.3, 0.4) is 0 Å². The van der Waals surface area contributed by atoms with Gasteiger partial charge in [-0.05, 0) is 5.16 Å². The Kier molecular flexibility index (Phi) is 1.77. The van der Waals surface area contributed by atoms with Gasteiger partial charge in [0.2, 0.25) is 0 Å². The van der Waals surface area contributed by atoms with E-state index in [1.807, 2.05) is 0 Å². The van der Waals surface area contributed by atoms with Gasteiger partial charge in [-0.15, -0.1) is 0 Å². The van der Waals surface area contributed by atoms with Gasteiger partial charge in [0.1, 0.15) is 17.0 Å². The van der Waals surface area contributed by atoms with Gasteiger partial charge >= 0.3 is 0 Å². The second-order valence-electron chi connectivity index (χ2n) is 3.80. The van der Waals surface area contributed by atoms with E-state index in [1.165, 1.54) is 0 Å². The summed E-state index contributed by atoms with van der Waals surface area (Å²) in [6, 6.07) is 0. The first-order chi connectivity index (χ1) is 7.33. The summed E-state index contributed by atoms with van der Waals surface area (Å²) in [7, 11) is 0. The van der Waals surface area contributed by atoms with Crippen molar-refractivity contribution in [2.75, 3.05) is 6.61 Å². The minimum Gasteiger partial charge on any atom is -0.411 e. The molecule has 1 saturated heterocycles. The van der Waals surface area contributed by atoms with Crippen molar-refractivity contribution < 1.29 is 19.6 Å². The summed E-state index contributed by atoms with van der Waals surface area (Å²) in [6.45, 7) is 0.541. The van der Waals surface area contributed by atoms with Crippen LogP contribution in [-0.4, -0.2) is 33.4 Å². The predicted molar refractivity (Wildman–Crippen MR) is 45.3 cm³/mol. The van der Waals surface area contributed by atoms with Gasteiger partial charge in [-0.1, -0.05) is 10.3 Å². The average molecular weight is 211 g/mol. The van der Waals surface area contributed by atoms with Gasteiger partial charge in [0.25, 0.3) is 0 Å². The summed E-state index contributed by atoms with van der Waals surface area (Å²) in [5, 5.41) is 19.5. The summed E-state index contributed by atoms with van der Waals surface area (Å²) < 4.78 is 4.61. The number of nitrogens with zero attached hydrogens (tertiary/aromatic N) is 3. The third kappa shape index (κ3) is 1.24. The third-order valence-corrected chi connectivity index (χ3v) is 2.81. The molecule has 1 aromatic heterocycles. The Hall–Kier alpha value is -1.47. The highest BCUT2D eigenvalue weighted by Crippen LogP contribution is 2.36. The summed E-state index contributed by atoms with van der Waals surface area (Å²) in [5.41, 5.74) is 1.13. The fourth-order valence-corrected chi connectivity index (χ4v) is 2.05. The minimum atomic E-state index is -0.465. The molecule has 3 rings (SSSR count). The molecule has 0 aromatic carbocycles.